The Morgan fingerprint density at radius 2 is 2.05 bits per heavy atom. The molecule has 0 heterocycles. The summed E-state index contributed by atoms with van der Waals surface area (Å²) < 4.78 is 4.49. The quantitative estimate of drug-likeness (QED) is 0.646. The van der Waals surface area contributed by atoms with Crippen LogP contribution in [0.15, 0.2) is 0 Å². The largest absolute Gasteiger partial charge is 0.481 e. The van der Waals surface area contributed by atoms with Crippen LogP contribution < -0.4 is 10.6 Å². The van der Waals surface area contributed by atoms with E-state index in [0.29, 0.717) is 12.8 Å². The van der Waals surface area contributed by atoms with Gasteiger partial charge in [-0.15, -0.1) is 0 Å². The smallest absolute Gasteiger partial charge is 0.328 e. The number of hydrogen-bond acceptors (Lipinski definition) is 4. The van der Waals surface area contributed by atoms with Crippen LogP contribution in [0.5, 0.6) is 0 Å². The molecule has 1 saturated carbocycles. The van der Waals surface area contributed by atoms with Crippen LogP contribution in [-0.2, 0) is 14.3 Å². The fourth-order valence-electron chi connectivity index (χ4n) is 2.29. The standard InChI is InChI=1S/C12H20N2O5/c1-7(9(15)19-3)13-11(18)14-8-5-4-6-12(8,2)10(16)17/h7-8H,4-6H2,1-3H3,(H,16,17)(H2,13,14,18). The summed E-state index contributed by atoms with van der Waals surface area (Å²) in [5.41, 5.74) is -0.953. The molecule has 0 saturated heterocycles. The molecule has 0 aliphatic heterocycles. The molecule has 3 unspecified atom stereocenters. The Hall–Kier alpha value is -1.79. The number of aliphatic carboxylic acids is 1. The number of carboxylic acids is 1. The van der Waals surface area contributed by atoms with E-state index >= 15 is 0 Å². The number of ether oxygens (including phenoxy) is 1. The molecule has 1 fully saturated rings. The zero-order chi connectivity index (χ0) is 14.6. The number of amides is 2. The minimum atomic E-state index is -0.953. The second-order valence-electron chi connectivity index (χ2n) is 5.03. The van der Waals surface area contributed by atoms with Crippen molar-refractivity contribution in [1.29, 1.82) is 0 Å². The minimum Gasteiger partial charge on any atom is -0.481 e. The molecule has 0 aromatic rings. The number of urea groups is 1. The summed E-state index contributed by atoms with van der Waals surface area (Å²) in [6.07, 6.45) is 1.89. The van der Waals surface area contributed by atoms with Crippen LogP contribution >= 0.6 is 0 Å². The van der Waals surface area contributed by atoms with E-state index in [4.69, 9.17) is 0 Å². The molecule has 0 aromatic carbocycles. The number of carboxylic acid groups (broad SMARTS) is 1. The van der Waals surface area contributed by atoms with Crippen LogP contribution in [0.25, 0.3) is 0 Å². The van der Waals surface area contributed by atoms with Gasteiger partial charge in [0.15, 0.2) is 0 Å². The van der Waals surface area contributed by atoms with Crippen LogP contribution in [0.3, 0.4) is 0 Å². The Kier molecular flexibility index (Phi) is 4.74. The molecule has 1 aliphatic rings. The molecule has 7 nitrogen and oxygen atoms in total. The zero-order valence-electron chi connectivity index (χ0n) is 11.4. The summed E-state index contributed by atoms with van der Waals surface area (Å²) in [7, 11) is 1.23. The first kappa shape index (κ1) is 15.3. The van der Waals surface area contributed by atoms with Crippen molar-refractivity contribution in [2.75, 3.05) is 7.11 Å². The summed E-state index contributed by atoms with van der Waals surface area (Å²) in [6, 6.07) is -1.77. The topological polar surface area (TPSA) is 105 Å². The van der Waals surface area contributed by atoms with Crippen LogP contribution in [0.4, 0.5) is 4.79 Å². The van der Waals surface area contributed by atoms with Gasteiger partial charge >= 0.3 is 18.0 Å². The van der Waals surface area contributed by atoms with Crippen molar-refractivity contribution in [1.82, 2.24) is 10.6 Å². The summed E-state index contributed by atoms with van der Waals surface area (Å²) in [6.45, 7) is 3.12. The highest BCUT2D eigenvalue weighted by Crippen LogP contribution is 2.38. The van der Waals surface area contributed by atoms with E-state index in [-0.39, 0.29) is 0 Å². The Morgan fingerprint density at radius 3 is 2.58 bits per heavy atom. The number of methoxy groups -OCH3 is 1. The maximum Gasteiger partial charge on any atom is 0.328 e. The lowest BCUT2D eigenvalue weighted by molar-refractivity contribution is -0.148. The predicted octanol–water partition coefficient (Wildman–Crippen LogP) is 0.491. The molecule has 108 valence electrons. The van der Waals surface area contributed by atoms with Gasteiger partial charge in [-0.2, -0.15) is 0 Å². The third-order valence-electron chi connectivity index (χ3n) is 3.65. The molecule has 0 bridgehead atoms. The number of esters is 1. The summed E-state index contributed by atoms with van der Waals surface area (Å²) in [5, 5.41) is 14.3. The molecule has 1 aliphatic carbocycles. The van der Waals surface area contributed by atoms with E-state index in [1.165, 1.54) is 14.0 Å². The first-order valence-electron chi connectivity index (χ1n) is 6.19. The van der Waals surface area contributed by atoms with Crippen LogP contribution in [-0.4, -0.2) is 42.3 Å². The Balaban J connectivity index is 2.57. The number of carbonyl (C=O) groups is 3. The molecular weight excluding hydrogens is 252 g/mol. The monoisotopic (exact) mass is 272 g/mol. The van der Waals surface area contributed by atoms with Crippen molar-refractivity contribution < 1.29 is 24.2 Å². The van der Waals surface area contributed by atoms with Gasteiger partial charge in [-0.25, -0.2) is 9.59 Å². The van der Waals surface area contributed by atoms with Gasteiger partial charge in [-0.1, -0.05) is 6.42 Å². The van der Waals surface area contributed by atoms with Gasteiger partial charge < -0.3 is 20.5 Å². The first-order chi connectivity index (χ1) is 8.81. The van der Waals surface area contributed by atoms with Crippen molar-refractivity contribution in [3.63, 3.8) is 0 Å². The van der Waals surface area contributed by atoms with E-state index in [1.807, 2.05) is 0 Å². The molecule has 0 radical (unpaired) electrons. The van der Waals surface area contributed by atoms with E-state index < -0.39 is 35.5 Å². The lowest BCUT2D eigenvalue weighted by Crippen LogP contribution is -2.53. The third-order valence-corrected chi connectivity index (χ3v) is 3.65. The van der Waals surface area contributed by atoms with Crippen LogP contribution in [0.1, 0.15) is 33.1 Å². The molecule has 3 N–H and O–H groups in total. The molecule has 7 heteroatoms. The normalized spacial score (nSPS) is 27.4. The van der Waals surface area contributed by atoms with Crippen molar-refractivity contribution in [3.8, 4) is 0 Å². The lowest BCUT2D eigenvalue weighted by Gasteiger charge is -2.28. The zero-order valence-corrected chi connectivity index (χ0v) is 11.4. The average Bonchev–Trinajstić information content (AvgIpc) is 2.71. The Bertz CT molecular complexity index is 384. The van der Waals surface area contributed by atoms with Gasteiger partial charge in [0, 0.05) is 6.04 Å². The fraction of sp³-hybridized carbons (Fsp3) is 0.750. The second kappa shape index (κ2) is 5.90. The number of rotatable bonds is 4. The molecule has 2 amide bonds. The molecule has 1 rings (SSSR count). The van der Waals surface area contributed by atoms with Gasteiger partial charge in [-0.3, -0.25) is 4.79 Å². The van der Waals surface area contributed by atoms with Crippen LogP contribution in [0, 0.1) is 5.41 Å². The Labute approximate surface area is 111 Å². The SMILES string of the molecule is COC(=O)C(C)NC(=O)NC1CCCC1(C)C(=O)O. The van der Waals surface area contributed by atoms with Crippen molar-refractivity contribution >= 4 is 18.0 Å². The van der Waals surface area contributed by atoms with Crippen molar-refractivity contribution in [3.05, 3.63) is 0 Å². The van der Waals surface area contributed by atoms with Gasteiger partial charge in [0.1, 0.15) is 6.04 Å². The third kappa shape index (κ3) is 3.36. The Morgan fingerprint density at radius 1 is 1.42 bits per heavy atom. The maximum absolute atomic E-state index is 11.7. The molecular formula is C12H20N2O5. The molecule has 0 aromatic heterocycles. The van der Waals surface area contributed by atoms with Gasteiger partial charge in [0.05, 0.1) is 12.5 Å². The number of hydrogen-bond donors (Lipinski definition) is 3. The number of nitrogens with one attached hydrogen (secondary N) is 2. The van der Waals surface area contributed by atoms with E-state index in [9.17, 15) is 19.5 Å². The van der Waals surface area contributed by atoms with E-state index in [0.717, 1.165) is 6.42 Å². The summed E-state index contributed by atoms with van der Waals surface area (Å²) in [5.74, 6) is -1.47. The molecule has 19 heavy (non-hydrogen) atoms. The highest BCUT2D eigenvalue weighted by Gasteiger charge is 2.46. The van der Waals surface area contributed by atoms with Gasteiger partial charge in [-0.05, 0) is 26.7 Å². The molecule has 0 spiro atoms. The minimum absolute atomic E-state index is 0.435. The van der Waals surface area contributed by atoms with E-state index in [2.05, 4.69) is 15.4 Å². The van der Waals surface area contributed by atoms with Crippen LogP contribution in [0.2, 0.25) is 0 Å². The summed E-state index contributed by atoms with van der Waals surface area (Å²) in [4.78, 5) is 34.1. The highest BCUT2D eigenvalue weighted by atomic mass is 16.5. The average molecular weight is 272 g/mol. The summed E-state index contributed by atoms with van der Waals surface area (Å²) >= 11 is 0. The van der Waals surface area contributed by atoms with Gasteiger partial charge in [0.25, 0.3) is 0 Å². The number of carbonyl (C=O) groups excluding carboxylic acids is 2. The van der Waals surface area contributed by atoms with E-state index in [1.54, 1.807) is 6.92 Å². The molecule has 3 atom stereocenters. The highest BCUT2D eigenvalue weighted by molar-refractivity contribution is 5.84. The maximum atomic E-state index is 11.7. The second-order valence-corrected chi connectivity index (χ2v) is 5.03. The van der Waals surface area contributed by atoms with Crippen molar-refractivity contribution in [2.45, 2.75) is 45.2 Å². The predicted molar refractivity (Wildman–Crippen MR) is 66.5 cm³/mol. The van der Waals surface area contributed by atoms with Gasteiger partial charge in [0.2, 0.25) is 0 Å². The lowest BCUT2D eigenvalue weighted by atomic mass is 9.85. The van der Waals surface area contributed by atoms with Crippen molar-refractivity contribution in [2.24, 2.45) is 5.41 Å². The fourth-order valence-corrected chi connectivity index (χ4v) is 2.29. The first-order valence-corrected chi connectivity index (χ1v) is 6.19.